The van der Waals surface area contributed by atoms with Crippen LogP contribution in [0.25, 0.3) is 0 Å². The minimum Gasteiger partial charge on any atom is -0.327 e. The predicted molar refractivity (Wildman–Crippen MR) is 81.4 cm³/mol. The van der Waals surface area contributed by atoms with Crippen LogP contribution >= 0.6 is 0 Å². The zero-order valence-corrected chi connectivity index (χ0v) is 13.1. The highest BCUT2D eigenvalue weighted by Crippen LogP contribution is 2.22. The third kappa shape index (κ3) is 4.46. The van der Waals surface area contributed by atoms with Crippen molar-refractivity contribution in [3.05, 3.63) is 34.4 Å². The minimum absolute atomic E-state index is 0.0208. The van der Waals surface area contributed by atoms with Gasteiger partial charge in [0.2, 0.25) is 0 Å². The number of benzene rings is 1. The summed E-state index contributed by atoms with van der Waals surface area (Å²) in [5.74, 6) is 0.234. The third-order valence-corrected chi connectivity index (χ3v) is 3.77. The Morgan fingerprint density at radius 2 is 1.63 bits per heavy atom. The fourth-order valence-electron chi connectivity index (χ4n) is 2.31. The lowest BCUT2D eigenvalue weighted by Gasteiger charge is -2.26. The molecule has 0 spiro atoms. The lowest BCUT2D eigenvalue weighted by atomic mass is 9.83. The lowest BCUT2D eigenvalue weighted by molar-refractivity contribution is -0.119. The molecule has 0 amide bonds. The van der Waals surface area contributed by atoms with Crippen molar-refractivity contribution in [3.63, 3.8) is 0 Å². The number of rotatable bonds is 4. The van der Waals surface area contributed by atoms with Crippen LogP contribution in [0, 0.1) is 26.2 Å². The summed E-state index contributed by atoms with van der Waals surface area (Å²) in [5, 5.41) is 0. The molecular formula is C17H27NO. The third-order valence-electron chi connectivity index (χ3n) is 3.77. The number of Topliss-reactive ketones (excluding diaryl/α,β-unsaturated/α-hetero) is 1. The Labute approximate surface area is 117 Å². The molecule has 1 unspecified atom stereocenters. The molecule has 106 valence electrons. The van der Waals surface area contributed by atoms with E-state index in [2.05, 4.69) is 53.7 Å². The standard InChI is InChI=1S/C17H27NO/c1-11-7-12(2)15(13(3)8-11)9-14(19)10-16(18)17(4,5)6/h7-8,16H,9-10,18H2,1-6H3. The molecule has 0 aliphatic rings. The van der Waals surface area contributed by atoms with Crippen LogP contribution in [0.5, 0.6) is 0 Å². The second-order valence-corrected chi connectivity index (χ2v) is 6.77. The molecule has 0 aliphatic carbocycles. The largest absolute Gasteiger partial charge is 0.327 e. The van der Waals surface area contributed by atoms with Crippen LogP contribution in [0.1, 0.15) is 49.4 Å². The van der Waals surface area contributed by atoms with Crippen LogP contribution in [-0.4, -0.2) is 11.8 Å². The quantitative estimate of drug-likeness (QED) is 0.901. The highest BCUT2D eigenvalue weighted by atomic mass is 16.1. The Balaban J connectivity index is 2.79. The van der Waals surface area contributed by atoms with E-state index in [0.29, 0.717) is 12.8 Å². The Bertz CT molecular complexity index is 446. The van der Waals surface area contributed by atoms with Crippen molar-refractivity contribution in [1.29, 1.82) is 0 Å². The van der Waals surface area contributed by atoms with Gasteiger partial charge in [0.1, 0.15) is 5.78 Å². The first kappa shape index (κ1) is 15.9. The summed E-state index contributed by atoms with van der Waals surface area (Å²) in [6.45, 7) is 12.5. The van der Waals surface area contributed by atoms with E-state index in [4.69, 9.17) is 5.73 Å². The van der Waals surface area contributed by atoms with E-state index in [9.17, 15) is 4.79 Å². The summed E-state index contributed by atoms with van der Waals surface area (Å²) in [5.41, 5.74) is 10.9. The Morgan fingerprint density at radius 1 is 1.16 bits per heavy atom. The summed E-state index contributed by atoms with van der Waals surface area (Å²) >= 11 is 0. The van der Waals surface area contributed by atoms with Crippen molar-refractivity contribution in [2.24, 2.45) is 11.1 Å². The van der Waals surface area contributed by atoms with Crippen molar-refractivity contribution in [3.8, 4) is 0 Å². The van der Waals surface area contributed by atoms with E-state index in [0.717, 1.165) is 5.56 Å². The average Bonchev–Trinajstić information content (AvgIpc) is 2.21. The predicted octanol–water partition coefficient (Wildman–Crippen LogP) is 3.49. The molecule has 0 bridgehead atoms. The number of carbonyl (C=O) groups excluding carboxylic acids is 1. The zero-order valence-electron chi connectivity index (χ0n) is 13.1. The fraction of sp³-hybridized carbons (Fsp3) is 0.588. The van der Waals surface area contributed by atoms with Crippen LogP contribution in [-0.2, 0) is 11.2 Å². The molecule has 1 aromatic rings. The van der Waals surface area contributed by atoms with E-state index in [1.807, 2.05) is 0 Å². The highest BCUT2D eigenvalue weighted by Gasteiger charge is 2.23. The summed E-state index contributed by atoms with van der Waals surface area (Å²) in [6.07, 6.45) is 0.956. The normalized spacial score (nSPS) is 13.4. The SMILES string of the molecule is Cc1cc(C)c(CC(=O)CC(N)C(C)(C)C)c(C)c1. The molecule has 1 atom stereocenters. The van der Waals surface area contributed by atoms with Gasteiger partial charge in [-0.3, -0.25) is 4.79 Å². The molecule has 19 heavy (non-hydrogen) atoms. The summed E-state index contributed by atoms with van der Waals surface area (Å²) in [7, 11) is 0. The number of carbonyl (C=O) groups is 1. The number of nitrogens with two attached hydrogens (primary N) is 1. The number of hydrogen-bond donors (Lipinski definition) is 1. The first-order valence-electron chi connectivity index (χ1n) is 6.95. The van der Waals surface area contributed by atoms with Gasteiger partial charge in [-0.05, 0) is 42.9 Å². The van der Waals surface area contributed by atoms with Crippen molar-refractivity contribution in [1.82, 2.24) is 0 Å². The topological polar surface area (TPSA) is 43.1 Å². The maximum atomic E-state index is 12.2. The van der Waals surface area contributed by atoms with Crippen LogP contribution < -0.4 is 5.73 Å². The first-order chi connectivity index (χ1) is 8.61. The molecule has 2 nitrogen and oxygen atoms in total. The van der Waals surface area contributed by atoms with E-state index in [1.165, 1.54) is 16.7 Å². The molecular weight excluding hydrogens is 234 g/mol. The summed E-state index contributed by atoms with van der Waals surface area (Å²) in [4.78, 5) is 12.2. The minimum atomic E-state index is -0.0777. The summed E-state index contributed by atoms with van der Waals surface area (Å²) < 4.78 is 0. The van der Waals surface area contributed by atoms with Gasteiger partial charge in [-0.1, -0.05) is 38.5 Å². The molecule has 0 saturated carbocycles. The number of aryl methyl sites for hydroxylation is 3. The average molecular weight is 261 g/mol. The van der Waals surface area contributed by atoms with Gasteiger partial charge in [0.05, 0.1) is 0 Å². The van der Waals surface area contributed by atoms with Crippen molar-refractivity contribution in [2.45, 2.75) is 60.4 Å². The highest BCUT2D eigenvalue weighted by molar-refractivity contribution is 5.82. The second kappa shape index (κ2) is 5.87. The molecule has 1 rings (SSSR count). The van der Waals surface area contributed by atoms with Gasteiger partial charge in [0.25, 0.3) is 0 Å². The Morgan fingerprint density at radius 3 is 2.05 bits per heavy atom. The van der Waals surface area contributed by atoms with Gasteiger partial charge in [0.15, 0.2) is 0 Å². The molecule has 0 fully saturated rings. The Kier molecular flexibility index (Phi) is 4.92. The van der Waals surface area contributed by atoms with Crippen molar-refractivity contribution in [2.75, 3.05) is 0 Å². The van der Waals surface area contributed by atoms with Crippen LogP contribution in [0.3, 0.4) is 0 Å². The summed E-state index contributed by atoms with van der Waals surface area (Å²) in [6, 6.07) is 4.20. The van der Waals surface area contributed by atoms with Gasteiger partial charge in [-0.25, -0.2) is 0 Å². The van der Waals surface area contributed by atoms with E-state index in [1.54, 1.807) is 0 Å². The van der Waals surface area contributed by atoms with E-state index in [-0.39, 0.29) is 17.2 Å². The van der Waals surface area contributed by atoms with Crippen molar-refractivity contribution < 1.29 is 4.79 Å². The van der Waals surface area contributed by atoms with Gasteiger partial charge >= 0.3 is 0 Å². The molecule has 2 N–H and O–H groups in total. The zero-order chi connectivity index (χ0) is 14.8. The maximum absolute atomic E-state index is 12.2. The van der Waals surface area contributed by atoms with E-state index >= 15 is 0 Å². The first-order valence-corrected chi connectivity index (χ1v) is 6.95. The van der Waals surface area contributed by atoms with Crippen LogP contribution in [0.2, 0.25) is 0 Å². The maximum Gasteiger partial charge on any atom is 0.138 e. The smallest absolute Gasteiger partial charge is 0.138 e. The van der Waals surface area contributed by atoms with Crippen LogP contribution in [0.15, 0.2) is 12.1 Å². The van der Waals surface area contributed by atoms with Gasteiger partial charge < -0.3 is 5.73 Å². The van der Waals surface area contributed by atoms with Gasteiger partial charge in [-0.2, -0.15) is 0 Å². The number of hydrogen-bond acceptors (Lipinski definition) is 2. The molecule has 0 radical (unpaired) electrons. The molecule has 0 heterocycles. The molecule has 1 aromatic carbocycles. The van der Waals surface area contributed by atoms with E-state index < -0.39 is 0 Å². The van der Waals surface area contributed by atoms with Gasteiger partial charge in [0, 0.05) is 18.9 Å². The van der Waals surface area contributed by atoms with Crippen LogP contribution in [0.4, 0.5) is 0 Å². The fourth-order valence-corrected chi connectivity index (χ4v) is 2.31. The molecule has 0 aliphatic heterocycles. The molecule has 2 heteroatoms. The Hall–Kier alpha value is -1.15. The number of ketones is 1. The monoisotopic (exact) mass is 261 g/mol. The van der Waals surface area contributed by atoms with Crippen molar-refractivity contribution >= 4 is 5.78 Å². The van der Waals surface area contributed by atoms with Gasteiger partial charge in [-0.15, -0.1) is 0 Å². The second-order valence-electron chi connectivity index (χ2n) is 6.77. The molecule has 0 saturated heterocycles. The molecule has 0 aromatic heterocycles. The lowest BCUT2D eigenvalue weighted by Crippen LogP contribution is -2.37.